The summed E-state index contributed by atoms with van der Waals surface area (Å²) < 4.78 is 0. The van der Waals surface area contributed by atoms with Crippen LogP contribution in [-0.4, -0.2) is 22.7 Å². The van der Waals surface area contributed by atoms with Crippen LogP contribution >= 0.6 is 0 Å². The zero-order valence-electron chi connectivity index (χ0n) is 7.51. The minimum atomic E-state index is 0.767. The molecule has 13 heavy (non-hydrogen) atoms. The van der Waals surface area contributed by atoms with Crippen LogP contribution in [0.2, 0.25) is 0 Å². The second-order valence-electron chi connectivity index (χ2n) is 2.29. The van der Waals surface area contributed by atoms with E-state index in [9.17, 15) is 0 Å². The molecule has 1 rings (SSSR count). The van der Waals surface area contributed by atoms with Crippen molar-refractivity contribution in [2.75, 3.05) is 7.05 Å². The maximum atomic E-state index is 4.12. The summed E-state index contributed by atoms with van der Waals surface area (Å²) in [4.78, 5) is 12.2. The first-order valence-corrected chi connectivity index (χ1v) is 3.90. The van der Waals surface area contributed by atoms with Crippen LogP contribution in [0.1, 0.15) is 5.69 Å². The average molecular weight is 173 g/mol. The van der Waals surface area contributed by atoms with Gasteiger partial charge >= 0.3 is 0 Å². The second-order valence-corrected chi connectivity index (χ2v) is 2.29. The molecule has 3 nitrogen and oxygen atoms in total. The van der Waals surface area contributed by atoms with E-state index in [2.05, 4.69) is 21.5 Å². The molecule has 1 aromatic rings. The molecule has 0 amide bonds. The highest BCUT2D eigenvalue weighted by Gasteiger charge is 1.97. The Morgan fingerprint density at radius 2 is 2.38 bits per heavy atom. The number of aliphatic imine (C=N–C) groups is 1. The van der Waals surface area contributed by atoms with Crippen LogP contribution in [0, 0.1) is 0 Å². The Morgan fingerprint density at radius 3 is 2.92 bits per heavy atom. The van der Waals surface area contributed by atoms with Crippen LogP contribution in [0.5, 0.6) is 0 Å². The lowest BCUT2D eigenvalue weighted by Crippen LogP contribution is -1.99. The lowest BCUT2D eigenvalue weighted by molar-refractivity contribution is 1.17. The highest BCUT2D eigenvalue weighted by molar-refractivity contribution is 6.07. The van der Waals surface area contributed by atoms with Crippen molar-refractivity contribution in [3.05, 3.63) is 49.1 Å². The molecule has 66 valence electrons. The molecule has 0 aromatic carbocycles. The van der Waals surface area contributed by atoms with Crippen molar-refractivity contribution in [2.24, 2.45) is 4.99 Å². The highest BCUT2D eigenvalue weighted by atomic mass is 14.8. The van der Waals surface area contributed by atoms with Gasteiger partial charge in [-0.3, -0.25) is 15.0 Å². The van der Waals surface area contributed by atoms with E-state index in [4.69, 9.17) is 0 Å². The number of hydrogen-bond acceptors (Lipinski definition) is 3. The normalized spacial score (nSPS) is 11.9. The van der Waals surface area contributed by atoms with Crippen LogP contribution in [0.3, 0.4) is 0 Å². The lowest BCUT2D eigenvalue weighted by atomic mass is 10.2. The Kier molecular flexibility index (Phi) is 3.57. The van der Waals surface area contributed by atoms with E-state index in [1.807, 2.05) is 12.2 Å². The predicted octanol–water partition coefficient (Wildman–Crippen LogP) is 1.64. The van der Waals surface area contributed by atoms with Crippen molar-refractivity contribution in [3.63, 3.8) is 0 Å². The Balaban J connectivity index is 2.92. The summed E-state index contributed by atoms with van der Waals surface area (Å²) in [5.74, 6) is 0. The molecule has 0 saturated carbocycles. The van der Waals surface area contributed by atoms with Gasteiger partial charge in [0.1, 0.15) is 5.69 Å². The quantitative estimate of drug-likeness (QED) is 0.514. The molecule has 0 spiro atoms. The lowest BCUT2D eigenvalue weighted by Gasteiger charge is -1.96. The Hall–Kier alpha value is -1.77. The first kappa shape index (κ1) is 9.32. The van der Waals surface area contributed by atoms with E-state index in [1.54, 1.807) is 31.7 Å². The summed E-state index contributed by atoms with van der Waals surface area (Å²) in [6.45, 7) is 3.58. The Bertz CT molecular complexity index is 325. The third-order valence-electron chi connectivity index (χ3n) is 1.46. The maximum Gasteiger partial charge on any atom is 0.106 e. The number of nitrogens with zero attached hydrogens (tertiary/aromatic N) is 3. The van der Waals surface area contributed by atoms with Crippen LogP contribution in [0.25, 0.3) is 0 Å². The van der Waals surface area contributed by atoms with E-state index in [0.717, 1.165) is 11.4 Å². The van der Waals surface area contributed by atoms with Gasteiger partial charge in [0.15, 0.2) is 0 Å². The molecule has 3 heteroatoms. The standard InChI is InChI=1S/C10H11N3/c1-3-4-5-9(11-2)10-8-12-6-7-13-10/h3-8H,1H2,2H3/b5-4-,11-9?. The van der Waals surface area contributed by atoms with Crippen LogP contribution in [0.15, 0.2) is 48.4 Å². The Labute approximate surface area is 77.6 Å². The molecule has 0 aliphatic heterocycles. The van der Waals surface area contributed by atoms with Crippen LogP contribution < -0.4 is 0 Å². The van der Waals surface area contributed by atoms with Gasteiger partial charge < -0.3 is 0 Å². The molecule has 0 aliphatic carbocycles. The van der Waals surface area contributed by atoms with Gasteiger partial charge in [-0.15, -0.1) is 0 Å². The largest absolute Gasteiger partial charge is 0.286 e. The third-order valence-corrected chi connectivity index (χ3v) is 1.46. The number of aromatic nitrogens is 2. The van der Waals surface area contributed by atoms with Crippen molar-refractivity contribution >= 4 is 5.71 Å². The molecule has 0 fully saturated rings. The van der Waals surface area contributed by atoms with Gasteiger partial charge in [-0.2, -0.15) is 0 Å². The minimum Gasteiger partial charge on any atom is -0.286 e. The fraction of sp³-hybridized carbons (Fsp3) is 0.100. The van der Waals surface area contributed by atoms with Crippen molar-refractivity contribution < 1.29 is 0 Å². The summed E-state index contributed by atoms with van der Waals surface area (Å²) in [5, 5.41) is 0. The number of allylic oxidation sites excluding steroid dienone is 3. The predicted molar refractivity (Wildman–Crippen MR) is 53.8 cm³/mol. The van der Waals surface area contributed by atoms with Gasteiger partial charge in [-0.25, -0.2) is 0 Å². The molecule has 0 N–H and O–H groups in total. The smallest absolute Gasteiger partial charge is 0.106 e. The van der Waals surface area contributed by atoms with E-state index in [0.29, 0.717) is 0 Å². The average Bonchev–Trinajstić information content (AvgIpc) is 2.21. The molecular weight excluding hydrogens is 162 g/mol. The molecular formula is C10H11N3. The molecule has 0 atom stereocenters. The van der Waals surface area contributed by atoms with Gasteiger partial charge in [0.25, 0.3) is 0 Å². The van der Waals surface area contributed by atoms with Gasteiger partial charge in [0.05, 0.1) is 11.9 Å². The Morgan fingerprint density at radius 1 is 1.54 bits per heavy atom. The van der Waals surface area contributed by atoms with Crippen molar-refractivity contribution in [3.8, 4) is 0 Å². The SMILES string of the molecule is C=C/C=C\C(=NC)c1cnccn1. The van der Waals surface area contributed by atoms with Gasteiger partial charge in [0.2, 0.25) is 0 Å². The molecule has 0 bridgehead atoms. The molecule has 0 radical (unpaired) electrons. The molecule has 0 aliphatic rings. The third kappa shape index (κ3) is 2.63. The molecule has 1 heterocycles. The number of hydrogen-bond donors (Lipinski definition) is 0. The van der Waals surface area contributed by atoms with Crippen molar-refractivity contribution in [2.45, 2.75) is 0 Å². The molecule has 1 aromatic heterocycles. The first-order chi connectivity index (χ1) is 6.38. The van der Waals surface area contributed by atoms with E-state index < -0.39 is 0 Å². The fourth-order valence-corrected chi connectivity index (χ4v) is 0.865. The zero-order valence-corrected chi connectivity index (χ0v) is 7.51. The minimum absolute atomic E-state index is 0.767. The van der Waals surface area contributed by atoms with Gasteiger partial charge in [-0.1, -0.05) is 18.7 Å². The maximum absolute atomic E-state index is 4.12. The van der Waals surface area contributed by atoms with Crippen molar-refractivity contribution in [1.29, 1.82) is 0 Å². The van der Waals surface area contributed by atoms with E-state index in [-0.39, 0.29) is 0 Å². The van der Waals surface area contributed by atoms with E-state index >= 15 is 0 Å². The zero-order chi connectivity index (χ0) is 9.52. The molecule has 0 unspecified atom stereocenters. The van der Waals surface area contributed by atoms with Crippen LogP contribution in [-0.2, 0) is 0 Å². The molecule has 0 saturated heterocycles. The van der Waals surface area contributed by atoms with Gasteiger partial charge in [0, 0.05) is 19.4 Å². The summed E-state index contributed by atoms with van der Waals surface area (Å²) >= 11 is 0. The summed E-state index contributed by atoms with van der Waals surface area (Å²) in [6, 6.07) is 0. The van der Waals surface area contributed by atoms with Crippen LogP contribution in [0.4, 0.5) is 0 Å². The number of rotatable bonds is 3. The fourth-order valence-electron chi connectivity index (χ4n) is 0.865. The monoisotopic (exact) mass is 173 g/mol. The summed E-state index contributed by atoms with van der Waals surface area (Å²) in [7, 11) is 1.72. The van der Waals surface area contributed by atoms with Gasteiger partial charge in [-0.05, 0) is 6.08 Å². The van der Waals surface area contributed by atoms with Crippen molar-refractivity contribution in [1.82, 2.24) is 9.97 Å². The summed E-state index contributed by atoms with van der Waals surface area (Å²) in [5.41, 5.74) is 1.57. The van der Waals surface area contributed by atoms with E-state index in [1.165, 1.54) is 0 Å². The first-order valence-electron chi connectivity index (χ1n) is 3.90. The topological polar surface area (TPSA) is 38.1 Å². The highest BCUT2D eigenvalue weighted by Crippen LogP contribution is 1.95. The second kappa shape index (κ2) is 4.98. The summed E-state index contributed by atoms with van der Waals surface area (Å²) in [6.07, 6.45) is 10.3.